The Morgan fingerprint density at radius 1 is 0.349 bits per heavy atom. The van der Waals surface area contributed by atoms with Crippen molar-refractivity contribution in [3.63, 3.8) is 0 Å². The molecular weight excluding hydrogens is 520 g/mol. The Bertz CT molecular complexity index is 3900. The van der Waals surface area contributed by atoms with Gasteiger partial charge in [0.1, 0.15) is 11.5 Å². The molecule has 0 unspecified atom stereocenters. The van der Waals surface area contributed by atoms with Gasteiger partial charge < -0.3 is 4.74 Å². The quantitative estimate of drug-likeness (QED) is 0.188. The van der Waals surface area contributed by atoms with Crippen LogP contribution in [0.1, 0.15) is 32.9 Å². The monoisotopic (exact) mass is 568 g/mol. The summed E-state index contributed by atoms with van der Waals surface area (Å²) in [4.78, 5) is 0. The topological polar surface area (TPSA) is 9.23 Å². The molecule has 43 heavy (non-hydrogen) atoms. The fraction of sp³-hybridized carbons (Fsp3) is 0. The normalized spacial score (nSPS) is 20.2. The molecule has 9 aromatic carbocycles. The molecule has 1 aliphatic heterocycles. The highest BCUT2D eigenvalue weighted by Gasteiger charge is 2.21. The van der Waals surface area contributed by atoms with E-state index in [2.05, 4.69) is 0 Å². The number of rotatable bonds is 2. The van der Waals surface area contributed by atoms with Crippen molar-refractivity contribution in [2.24, 2.45) is 0 Å². The van der Waals surface area contributed by atoms with Gasteiger partial charge in [-0.05, 0) is 107 Å². The van der Waals surface area contributed by atoms with Crippen LogP contribution in [0.15, 0.2) is 145 Å². The van der Waals surface area contributed by atoms with Crippen LogP contribution in [0.25, 0.3) is 87.2 Å². The number of hydrogen-bond donors (Lipinski definition) is 0. The first kappa shape index (κ1) is 9.97. The third-order valence-electron chi connectivity index (χ3n) is 7.45. The molecule has 0 N–H and O–H groups in total. The molecule has 1 nitrogen and oxygen atoms in total. The molecule has 0 radical (unpaired) electrons. The minimum atomic E-state index is -0.974. The highest BCUT2D eigenvalue weighted by atomic mass is 16.5. The lowest BCUT2D eigenvalue weighted by Crippen LogP contribution is -1.97. The highest BCUT2D eigenvalue weighted by molar-refractivity contribution is 6.25. The van der Waals surface area contributed by atoms with Gasteiger partial charge >= 0.3 is 0 Å². The molecule has 0 aliphatic carbocycles. The van der Waals surface area contributed by atoms with E-state index in [1.54, 1.807) is 0 Å². The van der Waals surface area contributed by atoms with Gasteiger partial charge in [0.2, 0.25) is 0 Å². The van der Waals surface area contributed by atoms with Gasteiger partial charge in [-0.1, -0.05) is 115 Å². The van der Waals surface area contributed by atoms with Crippen molar-refractivity contribution in [1.29, 1.82) is 0 Å². The van der Waals surface area contributed by atoms with Crippen molar-refractivity contribution in [2.45, 2.75) is 0 Å². The van der Waals surface area contributed by atoms with Gasteiger partial charge in [0, 0.05) is 10.9 Å². The van der Waals surface area contributed by atoms with Crippen LogP contribution in [0.3, 0.4) is 0 Å². The summed E-state index contributed by atoms with van der Waals surface area (Å²) in [5, 5.41) is -4.36. The molecule has 0 saturated carbocycles. The summed E-state index contributed by atoms with van der Waals surface area (Å²) in [7, 11) is 0. The van der Waals surface area contributed by atoms with Gasteiger partial charge in [0.15, 0.2) is 0 Å². The molecule has 0 amide bonds. The molecule has 0 bridgehead atoms. The van der Waals surface area contributed by atoms with Gasteiger partial charge in [-0.2, -0.15) is 0 Å². The predicted octanol–water partition coefficient (Wildman–Crippen LogP) is 12.0. The lowest BCUT2D eigenvalue weighted by atomic mass is 9.87. The van der Waals surface area contributed by atoms with E-state index in [0.717, 1.165) is 0 Å². The van der Waals surface area contributed by atoms with Gasteiger partial charge in [-0.15, -0.1) is 0 Å². The maximum Gasteiger partial charge on any atom is 0.135 e. The molecule has 198 valence electrons. The SMILES string of the molecule is [2H]c1c([2H])c(-c2c([2H])c(-c3c([2H])c([2H])c4c([2H])c([2H])c5c([2H])c([2H])c([2H])c6c([2H])c([2H])c3c4c56)c([2H])c3c([2H])c([2H])c([2H])c([2H])c23)c([2H])c2c1Oc1c([2H])c([2H])c([2H])c3c([2H])c([2H])c([2H])c-2c13. The zero-order valence-corrected chi connectivity index (χ0v) is 21.4. The van der Waals surface area contributed by atoms with Crippen LogP contribution < -0.4 is 4.74 Å². The number of benzene rings is 9. The summed E-state index contributed by atoms with van der Waals surface area (Å²) in [6.07, 6.45) is 0. The summed E-state index contributed by atoms with van der Waals surface area (Å²) in [6.45, 7) is 0. The minimum absolute atomic E-state index is 0.265. The van der Waals surface area contributed by atoms with Crippen molar-refractivity contribution in [2.75, 3.05) is 0 Å². The Kier molecular flexibility index (Phi) is 1.96. The zero-order valence-electron chi connectivity index (χ0n) is 45.4. The van der Waals surface area contributed by atoms with Crippen molar-refractivity contribution >= 4 is 53.9 Å². The molecule has 0 atom stereocenters. The van der Waals surface area contributed by atoms with E-state index in [0.29, 0.717) is 0 Å². The number of ether oxygens (including phenoxy) is 1. The second-order valence-corrected chi connectivity index (χ2v) is 9.76. The largest absolute Gasteiger partial charge is 0.456 e. The van der Waals surface area contributed by atoms with Crippen LogP contribution in [-0.4, -0.2) is 0 Å². The summed E-state index contributed by atoms with van der Waals surface area (Å²) in [6, 6.07) is -19.3. The third-order valence-corrected chi connectivity index (χ3v) is 7.45. The smallest absolute Gasteiger partial charge is 0.135 e. The maximum absolute atomic E-state index is 9.96. The molecular formula is C42H24O. The van der Waals surface area contributed by atoms with E-state index in [4.69, 9.17) is 26.7 Å². The summed E-state index contributed by atoms with van der Waals surface area (Å²) in [5.41, 5.74) is -3.86. The fourth-order valence-corrected chi connectivity index (χ4v) is 5.58. The summed E-state index contributed by atoms with van der Waals surface area (Å²) < 4.78 is 222. The number of fused-ring (bicyclic) bond motifs is 3. The lowest BCUT2D eigenvalue weighted by molar-refractivity contribution is 0.487. The summed E-state index contributed by atoms with van der Waals surface area (Å²) in [5.74, 6) is -1.15. The van der Waals surface area contributed by atoms with Gasteiger partial charge in [0.25, 0.3) is 0 Å². The summed E-state index contributed by atoms with van der Waals surface area (Å²) >= 11 is 0. The molecule has 0 fully saturated rings. The van der Waals surface area contributed by atoms with Gasteiger partial charge in [-0.3, -0.25) is 0 Å². The second-order valence-electron chi connectivity index (χ2n) is 9.76. The second kappa shape index (κ2) is 8.44. The van der Waals surface area contributed by atoms with Crippen LogP contribution in [0.5, 0.6) is 11.5 Å². The Morgan fingerprint density at radius 3 is 1.91 bits per heavy atom. The van der Waals surface area contributed by atoms with Crippen LogP contribution >= 0.6 is 0 Å². The minimum Gasteiger partial charge on any atom is -0.456 e. The lowest BCUT2D eigenvalue weighted by Gasteiger charge is -2.22. The Morgan fingerprint density at radius 2 is 1.02 bits per heavy atom. The van der Waals surface area contributed by atoms with Crippen molar-refractivity contribution < 1.29 is 37.6 Å². The van der Waals surface area contributed by atoms with E-state index in [1.807, 2.05) is 0 Å². The van der Waals surface area contributed by atoms with Crippen LogP contribution in [0.2, 0.25) is 0 Å². The van der Waals surface area contributed by atoms with E-state index in [1.165, 1.54) is 0 Å². The van der Waals surface area contributed by atoms with Crippen LogP contribution in [0.4, 0.5) is 0 Å². The standard InChI is InChI=1S/C42H24O/c1-2-11-32-29(6-1)22-31(33-19-16-28-15-14-26-7-3-8-27-17-20-35(33)42(28)40(26)27)24-36(32)30-18-21-38-37(23-30)34-12-4-9-25-10-5-13-39(43-38)41(25)34/h1-24H/i1D,2D,3D,4D,5D,6D,7D,8D,9D,10D,11D,12D,13D,14D,15D,16D,17D,18D,19D,20D,21D,22D,23D,24D. The average molecular weight is 569 g/mol. The Hall–Kier alpha value is -5.66. The average Bonchev–Trinajstić information content (AvgIpc) is 3.29. The number of hydrogen-bond acceptors (Lipinski definition) is 1. The molecule has 10 rings (SSSR count). The van der Waals surface area contributed by atoms with E-state index in [9.17, 15) is 11.0 Å². The maximum atomic E-state index is 9.96. The Balaban J connectivity index is 1.47. The van der Waals surface area contributed by atoms with Crippen molar-refractivity contribution in [3.8, 4) is 44.9 Å². The van der Waals surface area contributed by atoms with Gasteiger partial charge in [-0.25, -0.2) is 0 Å². The van der Waals surface area contributed by atoms with E-state index >= 15 is 0 Å². The molecule has 0 saturated heterocycles. The highest BCUT2D eigenvalue weighted by Crippen LogP contribution is 2.48. The first-order chi connectivity index (χ1) is 31.3. The first-order valence-corrected chi connectivity index (χ1v) is 12.9. The van der Waals surface area contributed by atoms with E-state index in [-0.39, 0.29) is 16.2 Å². The third kappa shape index (κ3) is 3.22. The molecule has 1 aliphatic rings. The van der Waals surface area contributed by atoms with Crippen molar-refractivity contribution in [3.05, 3.63) is 145 Å². The molecule has 9 aromatic rings. The zero-order chi connectivity index (χ0) is 49.0. The molecule has 0 spiro atoms. The fourth-order valence-electron chi connectivity index (χ4n) is 5.58. The van der Waals surface area contributed by atoms with E-state index < -0.39 is 228 Å². The predicted molar refractivity (Wildman–Crippen MR) is 182 cm³/mol. The molecule has 1 heteroatoms. The van der Waals surface area contributed by atoms with Crippen LogP contribution in [-0.2, 0) is 0 Å². The van der Waals surface area contributed by atoms with Crippen molar-refractivity contribution in [1.82, 2.24) is 0 Å². The first-order valence-electron chi connectivity index (χ1n) is 24.9. The van der Waals surface area contributed by atoms with Gasteiger partial charge in [0.05, 0.1) is 32.9 Å². The molecule has 1 heterocycles. The Labute approximate surface area is 282 Å². The molecule has 0 aromatic heterocycles. The van der Waals surface area contributed by atoms with Crippen LogP contribution in [0, 0.1) is 0 Å².